The summed E-state index contributed by atoms with van der Waals surface area (Å²) in [6, 6.07) is 17.9. The van der Waals surface area contributed by atoms with Gasteiger partial charge in [-0.15, -0.1) is 11.3 Å². The Balaban J connectivity index is 1.59. The van der Waals surface area contributed by atoms with Crippen LogP contribution in [0.4, 0.5) is 0 Å². The lowest BCUT2D eigenvalue weighted by molar-refractivity contribution is -0.120. The number of rotatable bonds is 5. The molecule has 0 bridgehead atoms. The summed E-state index contributed by atoms with van der Waals surface area (Å²) in [5.41, 5.74) is 4.28. The van der Waals surface area contributed by atoms with Crippen molar-refractivity contribution < 1.29 is 4.79 Å². The number of hydrogen-bond acceptors (Lipinski definition) is 3. The molecule has 0 saturated heterocycles. The van der Waals surface area contributed by atoms with Crippen molar-refractivity contribution in [2.24, 2.45) is 0 Å². The number of nitrogens with zero attached hydrogens (tertiary/aromatic N) is 1. The van der Waals surface area contributed by atoms with Crippen LogP contribution in [0.5, 0.6) is 0 Å². The molecule has 3 nitrogen and oxygen atoms in total. The summed E-state index contributed by atoms with van der Waals surface area (Å²) in [6.07, 6.45) is 0.398. The third-order valence-corrected chi connectivity index (χ3v) is 4.53. The molecule has 0 fully saturated rings. The third-order valence-electron chi connectivity index (χ3n) is 3.60. The van der Waals surface area contributed by atoms with Crippen LogP contribution in [0.25, 0.3) is 10.6 Å². The molecule has 0 spiro atoms. The zero-order valence-corrected chi connectivity index (χ0v) is 13.8. The Labute approximate surface area is 140 Å². The number of carbonyl (C=O) groups excluding carboxylic acids is 1. The fraction of sp³-hybridized carbons (Fsp3) is 0.158. The maximum Gasteiger partial charge on any atom is 0.224 e. The van der Waals surface area contributed by atoms with Crippen molar-refractivity contribution in [1.29, 1.82) is 0 Å². The number of aromatic nitrogens is 1. The highest BCUT2D eigenvalue weighted by Crippen LogP contribution is 2.26. The molecule has 0 aliphatic rings. The molecule has 0 saturated carbocycles. The summed E-state index contributed by atoms with van der Waals surface area (Å²) in [6.45, 7) is 2.55. The Morgan fingerprint density at radius 3 is 2.61 bits per heavy atom. The summed E-state index contributed by atoms with van der Waals surface area (Å²) >= 11 is 1.61. The van der Waals surface area contributed by atoms with Crippen molar-refractivity contribution >= 4 is 17.2 Å². The van der Waals surface area contributed by atoms with Gasteiger partial charge >= 0.3 is 0 Å². The lowest BCUT2D eigenvalue weighted by atomic mass is 10.1. The molecule has 1 N–H and O–H groups in total. The van der Waals surface area contributed by atoms with E-state index in [1.165, 1.54) is 5.56 Å². The molecule has 0 aliphatic heterocycles. The molecule has 3 aromatic rings. The Morgan fingerprint density at radius 1 is 1.09 bits per heavy atom. The molecule has 3 rings (SSSR count). The summed E-state index contributed by atoms with van der Waals surface area (Å²) in [4.78, 5) is 16.6. The van der Waals surface area contributed by atoms with Crippen LogP contribution in [0.15, 0.2) is 60.0 Å². The van der Waals surface area contributed by atoms with Crippen molar-refractivity contribution in [2.75, 3.05) is 0 Å². The minimum absolute atomic E-state index is 0.0154. The Morgan fingerprint density at radius 2 is 1.83 bits per heavy atom. The fourth-order valence-corrected chi connectivity index (χ4v) is 3.27. The topological polar surface area (TPSA) is 42.0 Å². The van der Waals surface area contributed by atoms with Crippen LogP contribution in [0.2, 0.25) is 0 Å². The Bertz CT molecular complexity index is 796. The molecule has 1 aromatic heterocycles. The van der Waals surface area contributed by atoms with Gasteiger partial charge in [0.25, 0.3) is 0 Å². The molecule has 0 unspecified atom stereocenters. The average Bonchev–Trinajstić information content (AvgIpc) is 3.03. The molecule has 4 heteroatoms. The third kappa shape index (κ3) is 4.05. The smallest absolute Gasteiger partial charge is 0.224 e. The van der Waals surface area contributed by atoms with Gasteiger partial charge in [0.15, 0.2) is 0 Å². The van der Waals surface area contributed by atoms with E-state index in [1.807, 2.05) is 47.8 Å². The summed E-state index contributed by atoms with van der Waals surface area (Å²) in [7, 11) is 0. The van der Waals surface area contributed by atoms with Crippen LogP contribution >= 0.6 is 11.3 Å². The SMILES string of the molecule is Cc1ccccc1-c1nc(CNC(=O)Cc2ccccc2)cs1. The van der Waals surface area contributed by atoms with Gasteiger partial charge in [-0.3, -0.25) is 4.79 Å². The second-order valence-corrected chi connectivity index (χ2v) is 6.26. The van der Waals surface area contributed by atoms with E-state index in [4.69, 9.17) is 0 Å². The number of nitrogens with one attached hydrogen (secondary N) is 1. The molecule has 1 heterocycles. The monoisotopic (exact) mass is 322 g/mol. The van der Waals surface area contributed by atoms with E-state index in [0.717, 1.165) is 21.8 Å². The standard InChI is InChI=1S/C19H18N2OS/c1-14-7-5-6-10-17(14)19-21-16(13-23-19)12-20-18(22)11-15-8-3-2-4-9-15/h2-10,13H,11-12H2,1H3,(H,20,22). The zero-order chi connectivity index (χ0) is 16.1. The van der Waals surface area contributed by atoms with Crippen LogP contribution in [0.3, 0.4) is 0 Å². The molecule has 0 radical (unpaired) electrons. The normalized spacial score (nSPS) is 10.5. The minimum atomic E-state index is 0.0154. The maximum atomic E-state index is 12.0. The lowest BCUT2D eigenvalue weighted by Crippen LogP contribution is -2.24. The van der Waals surface area contributed by atoms with Crippen LogP contribution < -0.4 is 5.32 Å². The van der Waals surface area contributed by atoms with Gasteiger partial charge in [0, 0.05) is 10.9 Å². The van der Waals surface area contributed by atoms with Crippen LogP contribution in [-0.4, -0.2) is 10.9 Å². The van der Waals surface area contributed by atoms with Gasteiger partial charge in [-0.05, 0) is 18.1 Å². The first-order chi connectivity index (χ1) is 11.2. The summed E-state index contributed by atoms with van der Waals surface area (Å²) in [5.74, 6) is 0.0154. The second-order valence-electron chi connectivity index (χ2n) is 5.40. The number of carbonyl (C=O) groups is 1. The van der Waals surface area contributed by atoms with E-state index in [1.54, 1.807) is 11.3 Å². The van der Waals surface area contributed by atoms with Crippen molar-refractivity contribution in [1.82, 2.24) is 10.3 Å². The van der Waals surface area contributed by atoms with Crippen molar-refractivity contribution in [3.05, 3.63) is 76.8 Å². The number of benzene rings is 2. The molecule has 0 aliphatic carbocycles. The summed E-state index contributed by atoms with van der Waals surface area (Å²) < 4.78 is 0. The molecular weight excluding hydrogens is 304 g/mol. The number of thiazole rings is 1. The van der Waals surface area contributed by atoms with Crippen LogP contribution in [-0.2, 0) is 17.8 Å². The number of hydrogen-bond donors (Lipinski definition) is 1. The molecule has 23 heavy (non-hydrogen) atoms. The van der Waals surface area contributed by atoms with Gasteiger partial charge in [-0.25, -0.2) is 4.98 Å². The van der Waals surface area contributed by atoms with E-state index in [2.05, 4.69) is 29.4 Å². The van der Waals surface area contributed by atoms with Crippen molar-refractivity contribution in [3.63, 3.8) is 0 Å². The molecule has 1 amide bonds. The predicted octanol–water partition coefficient (Wildman–Crippen LogP) is 3.98. The van der Waals surface area contributed by atoms with Crippen molar-refractivity contribution in [3.8, 4) is 10.6 Å². The van der Waals surface area contributed by atoms with E-state index in [0.29, 0.717) is 13.0 Å². The Hall–Kier alpha value is -2.46. The second kappa shape index (κ2) is 7.20. The van der Waals surface area contributed by atoms with Gasteiger partial charge in [-0.1, -0.05) is 54.6 Å². The number of aryl methyl sites for hydroxylation is 1. The quantitative estimate of drug-likeness (QED) is 0.772. The van der Waals surface area contributed by atoms with Gasteiger partial charge in [0.2, 0.25) is 5.91 Å². The van der Waals surface area contributed by atoms with E-state index >= 15 is 0 Å². The highest BCUT2D eigenvalue weighted by Gasteiger charge is 2.08. The van der Waals surface area contributed by atoms with Crippen LogP contribution in [0, 0.1) is 6.92 Å². The van der Waals surface area contributed by atoms with E-state index in [9.17, 15) is 4.79 Å². The molecular formula is C19H18N2OS. The zero-order valence-electron chi connectivity index (χ0n) is 13.0. The Kier molecular flexibility index (Phi) is 4.83. The summed E-state index contributed by atoms with van der Waals surface area (Å²) in [5, 5.41) is 5.93. The highest BCUT2D eigenvalue weighted by atomic mass is 32.1. The fourth-order valence-electron chi connectivity index (χ4n) is 2.36. The molecule has 2 aromatic carbocycles. The first-order valence-corrected chi connectivity index (χ1v) is 8.41. The highest BCUT2D eigenvalue weighted by molar-refractivity contribution is 7.13. The van der Waals surface area contributed by atoms with Crippen molar-refractivity contribution in [2.45, 2.75) is 19.9 Å². The van der Waals surface area contributed by atoms with E-state index < -0.39 is 0 Å². The van der Waals surface area contributed by atoms with Gasteiger partial charge < -0.3 is 5.32 Å². The minimum Gasteiger partial charge on any atom is -0.350 e. The van der Waals surface area contributed by atoms with E-state index in [-0.39, 0.29) is 5.91 Å². The van der Waals surface area contributed by atoms with Crippen LogP contribution in [0.1, 0.15) is 16.8 Å². The predicted molar refractivity (Wildman–Crippen MR) is 94.3 cm³/mol. The number of amides is 1. The lowest BCUT2D eigenvalue weighted by Gasteiger charge is -2.03. The average molecular weight is 322 g/mol. The maximum absolute atomic E-state index is 12.0. The molecule has 0 atom stereocenters. The first kappa shape index (κ1) is 15.4. The van der Waals surface area contributed by atoms with Gasteiger partial charge in [0.1, 0.15) is 5.01 Å². The van der Waals surface area contributed by atoms with Gasteiger partial charge in [0.05, 0.1) is 18.7 Å². The first-order valence-electron chi connectivity index (χ1n) is 7.53. The largest absolute Gasteiger partial charge is 0.350 e. The molecule has 116 valence electrons. The van der Waals surface area contributed by atoms with Gasteiger partial charge in [-0.2, -0.15) is 0 Å².